The van der Waals surface area contributed by atoms with Crippen molar-refractivity contribution in [3.05, 3.63) is 34.9 Å². The van der Waals surface area contributed by atoms with E-state index in [0.717, 1.165) is 24.7 Å². The van der Waals surface area contributed by atoms with Gasteiger partial charge in [0.05, 0.1) is 0 Å². The number of benzene rings is 1. The lowest BCUT2D eigenvalue weighted by Gasteiger charge is -2.04. The van der Waals surface area contributed by atoms with Crippen molar-refractivity contribution in [3.8, 4) is 0 Å². The van der Waals surface area contributed by atoms with Crippen molar-refractivity contribution in [1.82, 2.24) is 0 Å². The van der Waals surface area contributed by atoms with E-state index in [1.54, 1.807) is 0 Å². The van der Waals surface area contributed by atoms with Gasteiger partial charge in [-0.1, -0.05) is 49.9 Å². The van der Waals surface area contributed by atoms with Crippen molar-refractivity contribution < 1.29 is 4.74 Å². The summed E-state index contributed by atoms with van der Waals surface area (Å²) in [5, 5.41) is 0.819. The van der Waals surface area contributed by atoms with Crippen molar-refractivity contribution in [2.24, 2.45) is 0 Å². The van der Waals surface area contributed by atoms with Gasteiger partial charge >= 0.3 is 0 Å². The normalized spacial score (nSPS) is 10.8. The summed E-state index contributed by atoms with van der Waals surface area (Å²) in [5.41, 5.74) is 1.38. The molecule has 1 rings (SSSR count). The van der Waals surface area contributed by atoms with Crippen LogP contribution >= 0.6 is 11.6 Å². The Morgan fingerprint density at radius 1 is 0.889 bits per heavy atom. The lowest BCUT2D eigenvalue weighted by atomic mass is 10.1. The van der Waals surface area contributed by atoms with E-state index >= 15 is 0 Å². The van der Waals surface area contributed by atoms with Gasteiger partial charge in [0, 0.05) is 18.2 Å². The van der Waals surface area contributed by atoms with E-state index in [-0.39, 0.29) is 0 Å². The zero-order valence-corrected chi connectivity index (χ0v) is 12.2. The smallest absolute Gasteiger partial charge is 0.0466 e. The van der Waals surface area contributed by atoms with Crippen molar-refractivity contribution in [2.75, 3.05) is 13.2 Å². The number of hydrogen-bond donors (Lipinski definition) is 0. The molecule has 0 amide bonds. The highest BCUT2D eigenvalue weighted by molar-refractivity contribution is 6.30. The summed E-state index contributed by atoms with van der Waals surface area (Å²) < 4.78 is 5.59. The molecule has 0 spiro atoms. The van der Waals surface area contributed by atoms with Gasteiger partial charge in [0.15, 0.2) is 0 Å². The molecule has 0 fully saturated rings. The fraction of sp³-hybridized carbons (Fsp3) is 0.625. The molecule has 0 saturated carbocycles. The Morgan fingerprint density at radius 3 is 2.22 bits per heavy atom. The predicted octanol–water partition coefficient (Wildman–Crippen LogP) is 5.26. The minimum Gasteiger partial charge on any atom is -0.381 e. The molecule has 0 atom stereocenters. The van der Waals surface area contributed by atoms with Crippen molar-refractivity contribution in [1.29, 1.82) is 0 Å². The summed E-state index contributed by atoms with van der Waals surface area (Å²) in [4.78, 5) is 0. The third-order valence-corrected chi connectivity index (χ3v) is 3.31. The molecule has 0 aliphatic rings. The van der Waals surface area contributed by atoms with Gasteiger partial charge in [-0.05, 0) is 43.4 Å². The van der Waals surface area contributed by atoms with Crippen LogP contribution < -0.4 is 0 Å². The lowest BCUT2D eigenvalue weighted by molar-refractivity contribution is 0.126. The summed E-state index contributed by atoms with van der Waals surface area (Å²) in [6.45, 7) is 4.08. The molecule has 0 heterocycles. The van der Waals surface area contributed by atoms with Crippen molar-refractivity contribution in [2.45, 2.75) is 51.9 Å². The summed E-state index contributed by atoms with van der Waals surface area (Å²) in [7, 11) is 0. The number of unbranched alkanes of at least 4 members (excludes halogenated alkanes) is 4. The molecule has 0 aliphatic heterocycles. The molecule has 1 aromatic rings. The predicted molar refractivity (Wildman–Crippen MR) is 79.4 cm³/mol. The number of aryl methyl sites for hydroxylation is 1. The van der Waals surface area contributed by atoms with Gasteiger partial charge in [-0.15, -0.1) is 0 Å². The van der Waals surface area contributed by atoms with E-state index in [9.17, 15) is 0 Å². The molecule has 0 aliphatic carbocycles. The molecule has 1 aromatic carbocycles. The molecule has 0 N–H and O–H groups in total. The van der Waals surface area contributed by atoms with Gasteiger partial charge in [0.1, 0.15) is 0 Å². The molecule has 0 saturated heterocycles. The largest absolute Gasteiger partial charge is 0.381 e. The van der Waals surface area contributed by atoms with Crippen LogP contribution in [0.15, 0.2) is 24.3 Å². The molecule has 2 heteroatoms. The first-order valence-electron chi connectivity index (χ1n) is 7.15. The van der Waals surface area contributed by atoms with Gasteiger partial charge in [-0.2, -0.15) is 0 Å². The molecule has 18 heavy (non-hydrogen) atoms. The van der Waals surface area contributed by atoms with E-state index in [0.29, 0.717) is 0 Å². The van der Waals surface area contributed by atoms with E-state index in [1.165, 1.54) is 44.1 Å². The lowest BCUT2D eigenvalue weighted by Crippen LogP contribution is -1.97. The van der Waals surface area contributed by atoms with Crippen LogP contribution in [0.1, 0.15) is 51.0 Å². The minimum absolute atomic E-state index is 0.819. The zero-order valence-electron chi connectivity index (χ0n) is 11.5. The quantitative estimate of drug-likeness (QED) is 0.526. The van der Waals surface area contributed by atoms with Crippen LogP contribution in [0.4, 0.5) is 0 Å². The Morgan fingerprint density at radius 2 is 1.56 bits per heavy atom. The van der Waals surface area contributed by atoms with Crippen LogP contribution in [0.2, 0.25) is 5.02 Å². The molecular formula is C16H25ClO. The van der Waals surface area contributed by atoms with Gasteiger partial charge in [0.2, 0.25) is 0 Å². The maximum absolute atomic E-state index is 5.85. The van der Waals surface area contributed by atoms with Crippen LogP contribution in [0.3, 0.4) is 0 Å². The van der Waals surface area contributed by atoms with Crippen molar-refractivity contribution >= 4 is 11.6 Å². The van der Waals surface area contributed by atoms with E-state index in [4.69, 9.17) is 16.3 Å². The number of hydrogen-bond acceptors (Lipinski definition) is 1. The SMILES string of the molecule is CCCCCOCCCCCc1ccc(Cl)cc1. The van der Waals surface area contributed by atoms with Gasteiger partial charge in [0.25, 0.3) is 0 Å². The molecule has 1 nitrogen and oxygen atoms in total. The Hall–Kier alpha value is -0.530. The highest BCUT2D eigenvalue weighted by atomic mass is 35.5. The number of rotatable bonds is 10. The van der Waals surface area contributed by atoms with Gasteiger partial charge < -0.3 is 4.74 Å². The topological polar surface area (TPSA) is 9.23 Å². The molecular weight excluding hydrogens is 244 g/mol. The highest BCUT2D eigenvalue weighted by Gasteiger charge is 1.95. The van der Waals surface area contributed by atoms with Crippen LogP contribution in [-0.4, -0.2) is 13.2 Å². The van der Waals surface area contributed by atoms with Gasteiger partial charge in [-0.3, -0.25) is 0 Å². The number of ether oxygens (including phenoxy) is 1. The second kappa shape index (κ2) is 10.4. The van der Waals surface area contributed by atoms with Crippen LogP contribution in [0.25, 0.3) is 0 Å². The Balaban J connectivity index is 1.91. The summed E-state index contributed by atoms with van der Waals surface area (Å²) in [6.07, 6.45) is 8.57. The third kappa shape index (κ3) is 7.73. The average Bonchev–Trinajstić information content (AvgIpc) is 2.39. The molecule has 0 bridgehead atoms. The highest BCUT2D eigenvalue weighted by Crippen LogP contribution is 2.12. The second-order valence-corrected chi connectivity index (χ2v) is 5.19. The molecule has 0 radical (unpaired) electrons. The van der Waals surface area contributed by atoms with E-state index in [1.807, 2.05) is 12.1 Å². The second-order valence-electron chi connectivity index (χ2n) is 4.76. The first-order chi connectivity index (χ1) is 8.83. The third-order valence-electron chi connectivity index (χ3n) is 3.06. The molecule has 0 unspecified atom stereocenters. The fourth-order valence-electron chi connectivity index (χ4n) is 1.92. The summed E-state index contributed by atoms with van der Waals surface area (Å²) in [5.74, 6) is 0. The standard InChI is InChI=1S/C16H25ClO/c1-2-3-6-13-18-14-7-4-5-8-15-9-11-16(17)12-10-15/h9-12H,2-8,13-14H2,1H3. The zero-order chi connectivity index (χ0) is 13.1. The van der Waals surface area contributed by atoms with Crippen LogP contribution in [-0.2, 0) is 11.2 Å². The van der Waals surface area contributed by atoms with Gasteiger partial charge in [-0.25, -0.2) is 0 Å². The maximum atomic E-state index is 5.85. The average molecular weight is 269 g/mol. The van der Waals surface area contributed by atoms with E-state index in [2.05, 4.69) is 19.1 Å². The first-order valence-corrected chi connectivity index (χ1v) is 7.53. The molecule has 102 valence electrons. The Bertz CT molecular complexity index is 294. The van der Waals surface area contributed by atoms with E-state index < -0.39 is 0 Å². The van der Waals surface area contributed by atoms with Crippen LogP contribution in [0, 0.1) is 0 Å². The summed E-state index contributed by atoms with van der Waals surface area (Å²) in [6, 6.07) is 8.16. The Kier molecular flexibility index (Phi) is 8.97. The number of halogens is 1. The maximum Gasteiger partial charge on any atom is 0.0466 e. The minimum atomic E-state index is 0.819. The fourth-order valence-corrected chi connectivity index (χ4v) is 2.04. The molecule has 0 aromatic heterocycles. The monoisotopic (exact) mass is 268 g/mol. The summed E-state index contributed by atoms with van der Waals surface area (Å²) >= 11 is 5.85. The Labute approximate surface area is 116 Å². The first kappa shape index (κ1) is 15.5. The van der Waals surface area contributed by atoms with Crippen LogP contribution in [0.5, 0.6) is 0 Å². The van der Waals surface area contributed by atoms with Crippen molar-refractivity contribution in [3.63, 3.8) is 0 Å².